The first-order chi connectivity index (χ1) is 10.9. The normalized spacial score (nSPS) is 38.0. The zero-order valence-corrected chi connectivity index (χ0v) is 13.8. The molecule has 0 amide bonds. The van der Waals surface area contributed by atoms with E-state index < -0.39 is 0 Å². The van der Waals surface area contributed by atoms with Gasteiger partial charge in [-0.05, 0) is 68.0 Å². The smallest absolute Gasteiger partial charge is 0.0173 e. The molecule has 1 aliphatic heterocycles. The number of benzene rings is 1. The molecule has 5 rings (SSSR count). The molecular formula is C21H29N. The van der Waals surface area contributed by atoms with Crippen molar-refractivity contribution in [1.29, 1.82) is 0 Å². The molecule has 3 atom stereocenters. The molecule has 1 aromatic rings. The molecule has 3 aliphatic carbocycles. The number of piperidine rings is 1. The molecule has 1 saturated heterocycles. The number of likely N-dealkylation sites (tertiary alicyclic amines) is 1. The van der Waals surface area contributed by atoms with Gasteiger partial charge in [0.05, 0.1) is 0 Å². The molecule has 1 heterocycles. The van der Waals surface area contributed by atoms with Crippen molar-refractivity contribution in [2.45, 2.75) is 69.2 Å². The highest BCUT2D eigenvalue weighted by Crippen LogP contribution is 2.55. The van der Waals surface area contributed by atoms with E-state index >= 15 is 0 Å². The van der Waals surface area contributed by atoms with E-state index in [1.165, 1.54) is 70.9 Å². The highest BCUT2D eigenvalue weighted by atomic mass is 15.2. The molecular weight excluding hydrogens is 266 g/mol. The van der Waals surface area contributed by atoms with Crippen LogP contribution < -0.4 is 0 Å². The molecule has 2 saturated carbocycles. The quantitative estimate of drug-likeness (QED) is 0.774. The second-order valence-electron chi connectivity index (χ2n) is 8.48. The average Bonchev–Trinajstić information content (AvgIpc) is 2.52. The summed E-state index contributed by atoms with van der Waals surface area (Å²) in [6.45, 7) is 2.77. The topological polar surface area (TPSA) is 3.24 Å². The first kappa shape index (κ1) is 13.6. The van der Waals surface area contributed by atoms with Crippen LogP contribution in [0.15, 0.2) is 24.3 Å². The molecule has 0 radical (unpaired) electrons. The van der Waals surface area contributed by atoms with Crippen LogP contribution in [-0.4, -0.2) is 24.0 Å². The van der Waals surface area contributed by atoms with Gasteiger partial charge >= 0.3 is 0 Å². The van der Waals surface area contributed by atoms with Gasteiger partial charge in [-0.25, -0.2) is 0 Å². The maximum atomic E-state index is 2.92. The largest absolute Gasteiger partial charge is 0.299 e. The zero-order chi connectivity index (χ0) is 14.6. The number of nitrogens with zero attached hydrogens (tertiary/aromatic N) is 1. The Morgan fingerprint density at radius 2 is 1.91 bits per heavy atom. The molecule has 1 aromatic carbocycles. The van der Waals surface area contributed by atoms with E-state index in [9.17, 15) is 0 Å². The van der Waals surface area contributed by atoms with Crippen LogP contribution in [0.1, 0.15) is 62.5 Å². The van der Waals surface area contributed by atoms with Gasteiger partial charge in [0.15, 0.2) is 0 Å². The van der Waals surface area contributed by atoms with Crippen LogP contribution in [0.2, 0.25) is 0 Å². The molecule has 4 aliphatic rings. The summed E-state index contributed by atoms with van der Waals surface area (Å²) in [5.41, 5.74) is 3.98. The van der Waals surface area contributed by atoms with Crippen LogP contribution in [0.4, 0.5) is 0 Å². The highest BCUT2D eigenvalue weighted by Gasteiger charge is 2.53. The lowest BCUT2D eigenvalue weighted by Crippen LogP contribution is -2.61. The highest BCUT2D eigenvalue weighted by molar-refractivity contribution is 5.41. The number of rotatable bonds is 2. The molecule has 1 nitrogen and oxygen atoms in total. The maximum Gasteiger partial charge on any atom is 0.0173 e. The summed E-state index contributed by atoms with van der Waals surface area (Å²) in [6, 6.07) is 10.3. The van der Waals surface area contributed by atoms with Crippen molar-refractivity contribution >= 4 is 0 Å². The summed E-state index contributed by atoms with van der Waals surface area (Å²) in [4.78, 5) is 2.92. The summed E-state index contributed by atoms with van der Waals surface area (Å²) >= 11 is 0. The fourth-order valence-electron chi connectivity index (χ4n) is 6.28. The number of hydrogen-bond donors (Lipinski definition) is 0. The molecule has 118 valence electrons. The molecule has 22 heavy (non-hydrogen) atoms. The van der Waals surface area contributed by atoms with E-state index in [0.29, 0.717) is 5.41 Å². The third kappa shape index (κ3) is 1.87. The van der Waals surface area contributed by atoms with Gasteiger partial charge < -0.3 is 0 Å². The van der Waals surface area contributed by atoms with Crippen LogP contribution in [0.5, 0.6) is 0 Å². The third-order valence-corrected chi connectivity index (χ3v) is 7.58. The molecule has 2 bridgehead atoms. The Bertz CT molecular complexity index is 561. The maximum absolute atomic E-state index is 2.92. The molecule has 0 aromatic heterocycles. The summed E-state index contributed by atoms with van der Waals surface area (Å²) in [5, 5.41) is 0. The van der Waals surface area contributed by atoms with Crippen LogP contribution in [0.25, 0.3) is 0 Å². The van der Waals surface area contributed by atoms with E-state index in [-0.39, 0.29) is 0 Å². The van der Waals surface area contributed by atoms with E-state index in [1.807, 2.05) is 0 Å². The molecule has 0 N–H and O–H groups in total. The van der Waals surface area contributed by atoms with E-state index in [2.05, 4.69) is 29.2 Å². The van der Waals surface area contributed by atoms with Gasteiger partial charge in [0.25, 0.3) is 0 Å². The predicted molar refractivity (Wildman–Crippen MR) is 91.1 cm³/mol. The second-order valence-corrected chi connectivity index (χ2v) is 8.48. The fourth-order valence-corrected chi connectivity index (χ4v) is 6.28. The van der Waals surface area contributed by atoms with Crippen LogP contribution >= 0.6 is 0 Å². The zero-order valence-electron chi connectivity index (χ0n) is 13.8. The summed E-state index contributed by atoms with van der Waals surface area (Å²) < 4.78 is 0. The fraction of sp³-hybridized carbons (Fsp3) is 0.714. The standard InChI is InChI=1S/C21H29N/c1-2-9-18-17(8-1)14-20-19-10-3-4-11-21(18,19)12-13-22(20)15-16-6-5-7-16/h1-2,8-9,16,19-20H,3-7,10-15H2/t19-,20+,21-/m0/s1. The second kappa shape index (κ2) is 5.09. The van der Waals surface area contributed by atoms with E-state index in [0.717, 1.165) is 17.9 Å². The minimum Gasteiger partial charge on any atom is -0.299 e. The van der Waals surface area contributed by atoms with Gasteiger partial charge in [-0.2, -0.15) is 0 Å². The molecule has 1 heteroatoms. The Labute approximate surface area is 135 Å². The van der Waals surface area contributed by atoms with Crippen molar-refractivity contribution in [3.63, 3.8) is 0 Å². The predicted octanol–water partition coefficient (Wildman–Crippen LogP) is 4.55. The summed E-state index contributed by atoms with van der Waals surface area (Å²) in [7, 11) is 0. The minimum absolute atomic E-state index is 0.549. The third-order valence-electron chi connectivity index (χ3n) is 7.58. The Morgan fingerprint density at radius 3 is 2.77 bits per heavy atom. The first-order valence-electron chi connectivity index (χ1n) is 9.69. The van der Waals surface area contributed by atoms with Crippen molar-refractivity contribution in [2.75, 3.05) is 13.1 Å². The van der Waals surface area contributed by atoms with Crippen molar-refractivity contribution in [1.82, 2.24) is 4.90 Å². The summed E-state index contributed by atoms with van der Waals surface area (Å²) in [5.74, 6) is 1.97. The van der Waals surface area contributed by atoms with Gasteiger partial charge in [-0.15, -0.1) is 0 Å². The van der Waals surface area contributed by atoms with Crippen LogP contribution in [0.3, 0.4) is 0 Å². The molecule has 0 unspecified atom stereocenters. The minimum atomic E-state index is 0.549. The van der Waals surface area contributed by atoms with Crippen molar-refractivity contribution in [2.24, 2.45) is 11.8 Å². The van der Waals surface area contributed by atoms with Crippen LogP contribution in [0, 0.1) is 11.8 Å². The van der Waals surface area contributed by atoms with E-state index in [4.69, 9.17) is 0 Å². The Balaban J connectivity index is 1.52. The number of hydrogen-bond acceptors (Lipinski definition) is 1. The lowest BCUT2D eigenvalue weighted by atomic mass is 9.52. The van der Waals surface area contributed by atoms with Gasteiger partial charge in [0.2, 0.25) is 0 Å². The molecule has 3 fully saturated rings. The van der Waals surface area contributed by atoms with Crippen molar-refractivity contribution in [3.8, 4) is 0 Å². The number of fused-ring (bicyclic) bond motifs is 1. The lowest BCUT2D eigenvalue weighted by molar-refractivity contribution is -0.0239. The Morgan fingerprint density at radius 1 is 1.00 bits per heavy atom. The Kier molecular flexibility index (Phi) is 3.15. The van der Waals surface area contributed by atoms with E-state index in [1.54, 1.807) is 11.1 Å². The first-order valence-corrected chi connectivity index (χ1v) is 9.69. The van der Waals surface area contributed by atoms with Crippen molar-refractivity contribution in [3.05, 3.63) is 35.4 Å². The molecule has 0 spiro atoms. The Hall–Kier alpha value is -0.820. The average molecular weight is 295 g/mol. The van der Waals surface area contributed by atoms with Crippen LogP contribution in [-0.2, 0) is 11.8 Å². The van der Waals surface area contributed by atoms with Crippen molar-refractivity contribution < 1.29 is 0 Å². The van der Waals surface area contributed by atoms with Gasteiger partial charge in [0, 0.05) is 18.0 Å². The van der Waals surface area contributed by atoms with Gasteiger partial charge in [-0.3, -0.25) is 4.90 Å². The SMILES string of the molecule is c1ccc2c(c1)C[C@@H]1[C@@H]3CCCC[C@]23CCN1CC1CCC1. The van der Waals surface area contributed by atoms with Gasteiger partial charge in [-0.1, -0.05) is 43.5 Å². The van der Waals surface area contributed by atoms with Gasteiger partial charge in [0.1, 0.15) is 0 Å². The lowest BCUT2D eigenvalue weighted by Gasteiger charge is -2.59. The summed E-state index contributed by atoms with van der Waals surface area (Å²) in [6.07, 6.45) is 13.1. The monoisotopic (exact) mass is 295 g/mol.